The third-order valence-corrected chi connectivity index (χ3v) is 33.3. The monoisotopic (exact) mass is 1840 g/mol. The first-order chi connectivity index (χ1) is 57.7. The van der Waals surface area contributed by atoms with Crippen LogP contribution in [0.4, 0.5) is 11.4 Å². The molecule has 11 atom stereocenters. The fourth-order valence-electron chi connectivity index (χ4n) is 18.8. The van der Waals surface area contributed by atoms with E-state index in [2.05, 4.69) is 67.1 Å². The number of ketones is 2. The van der Waals surface area contributed by atoms with Crippen LogP contribution in [0.1, 0.15) is 235 Å². The number of piperidine rings is 6. The van der Waals surface area contributed by atoms with E-state index in [0.29, 0.717) is 74.6 Å². The number of aliphatic hydroxyl groups excluding tert-OH is 1. The first kappa shape index (κ1) is 101. The van der Waals surface area contributed by atoms with Gasteiger partial charge in [-0.2, -0.15) is 8.42 Å². The minimum atomic E-state index is -3.82. The molecule has 26 nitrogen and oxygen atoms in total. The van der Waals surface area contributed by atoms with Gasteiger partial charge < -0.3 is 70.5 Å². The lowest BCUT2D eigenvalue weighted by Gasteiger charge is -2.34. The van der Waals surface area contributed by atoms with Crippen molar-refractivity contribution in [2.24, 2.45) is 11.1 Å². The lowest BCUT2D eigenvalue weighted by atomic mass is 9.95. The van der Waals surface area contributed by atoms with Crippen LogP contribution in [0.15, 0.2) is 68.2 Å². The maximum atomic E-state index is 13.3. The molecule has 0 saturated carbocycles. The van der Waals surface area contributed by atoms with E-state index in [9.17, 15) is 55.0 Å². The molecule has 0 bridgehead atoms. The van der Waals surface area contributed by atoms with Gasteiger partial charge in [-0.05, 0) is 283 Å². The lowest BCUT2D eigenvalue weighted by molar-refractivity contribution is -0.139. The lowest BCUT2D eigenvalue weighted by Crippen LogP contribution is -2.43. The van der Waals surface area contributed by atoms with Crippen LogP contribution in [-0.2, 0) is 63.2 Å². The summed E-state index contributed by atoms with van der Waals surface area (Å²) in [6.45, 7) is 35.3. The number of hydrogen-bond donors (Lipinski definition) is 6. The van der Waals surface area contributed by atoms with Crippen molar-refractivity contribution in [1.82, 2.24) is 34.4 Å². The van der Waals surface area contributed by atoms with Crippen molar-refractivity contribution in [1.29, 1.82) is 0 Å². The number of oxazole rings is 1. The molecule has 0 radical (unpaired) electrons. The number of anilines is 2. The van der Waals surface area contributed by atoms with Crippen molar-refractivity contribution < 1.29 is 73.0 Å². The second-order valence-corrected chi connectivity index (χ2v) is 45.1. The summed E-state index contributed by atoms with van der Waals surface area (Å²) in [6.07, 6.45) is 28.9. The molecule has 8 N–H and O–H groups in total. The SMILES string of the molecule is C=CC(C)=O.CC(C)(C)C(=O)Nc1ccc(Cl)c(S(=O)(=O)C2CCN3CCCC3C2)c1O.CC(C)(C)c1nc2ccc(Cl)c(SC3CCN4CCCC4C3)c2o1.CCOC(CCCN)OCC.CS(=O)(=O)OC1CCN2CCCC2C1.Nc1ccc(Cl)c(S(=O)(=O)C2CCN3CCCC3C2)c1O.O=C1CCN2CCCC2C1.OC1CCN2CCCC2C1. The van der Waals surface area contributed by atoms with E-state index in [1.807, 2.05) is 37.7 Å². The molecule has 12 aliphatic rings. The number of sulfone groups is 2. The first-order valence-corrected chi connectivity index (χ1v) is 51.6. The number of amides is 1. The molecule has 13 heterocycles. The van der Waals surface area contributed by atoms with Crippen molar-refractivity contribution in [2.75, 3.05) is 116 Å². The number of carbonyl (C=O) groups excluding carboxylic acids is 3. The topological polar surface area (TPSA) is 352 Å². The molecule has 12 saturated heterocycles. The number of thioether (sulfide) groups is 1. The Balaban J connectivity index is 0.000000165. The molecular weight excluding hydrogens is 1700 g/mol. The van der Waals surface area contributed by atoms with Gasteiger partial charge in [0.1, 0.15) is 21.1 Å². The number of rotatable bonds is 17. The number of aromatic hydroxyl groups is 2. The zero-order chi connectivity index (χ0) is 89.0. The number of ether oxygens (including phenoxy) is 2. The zero-order valence-electron chi connectivity index (χ0n) is 73.9. The van der Waals surface area contributed by atoms with Gasteiger partial charge in [0.05, 0.1) is 60.3 Å². The summed E-state index contributed by atoms with van der Waals surface area (Å²) in [5.74, 6) is 0.0633. The maximum Gasteiger partial charge on any atom is 0.264 e. The maximum absolute atomic E-state index is 13.3. The van der Waals surface area contributed by atoms with E-state index in [-0.39, 0.29) is 72.9 Å². The summed E-state index contributed by atoms with van der Waals surface area (Å²) in [6, 6.07) is 12.9. The van der Waals surface area contributed by atoms with Crippen LogP contribution in [0.2, 0.25) is 15.1 Å². The Bertz CT molecular complexity index is 4440. The van der Waals surface area contributed by atoms with Crippen molar-refractivity contribution in [3.05, 3.63) is 70.0 Å². The van der Waals surface area contributed by atoms with Crippen LogP contribution in [0, 0.1) is 5.41 Å². The number of allylic oxidation sites excluding steroid dienone is 1. The molecule has 0 spiro atoms. The average molecular weight is 1840 g/mol. The Morgan fingerprint density at radius 1 is 0.623 bits per heavy atom. The minimum Gasteiger partial charge on any atom is -0.504 e. The first-order valence-electron chi connectivity index (χ1n) is 44.6. The molecule has 12 fully saturated rings. The van der Waals surface area contributed by atoms with Crippen LogP contribution in [-0.4, -0.2) is 267 Å². The highest BCUT2D eigenvalue weighted by Crippen LogP contribution is 2.47. The van der Waals surface area contributed by atoms with E-state index < -0.39 is 57.2 Å². The molecule has 16 rings (SSSR count). The Kier molecular flexibility index (Phi) is 38.9. The minimum absolute atomic E-state index is 0.000602. The van der Waals surface area contributed by atoms with E-state index in [4.69, 9.17) is 64.3 Å². The Hall–Kier alpha value is -4.29. The van der Waals surface area contributed by atoms with Crippen LogP contribution < -0.4 is 16.8 Å². The smallest absolute Gasteiger partial charge is 0.264 e. The van der Waals surface area contributed by atoms with Gasteiger partial charge in [0, 0.05) is 98.0 Å². The second kappa shape index (κ2) is 46.8. The van der Waals surface area contributed by atoms with Gasteiger partial charge in [-0.3, -0.25) is 23.5 Å². The number of phenols is 2. The van der Waals surface area contributed by atoms with Crippen LogP contribution >= 0.6 is 46.6 Å². The van der Waals surface area contributed by atoms with Crippen LogP contribution in [0.25, 0.3) is 11.1 Å². The molecule has 4 aromatic rings. The normalized spacial score (nSPS) is 26.3. The van der Waals surface area contributed by atoms with Gasteiger partial charge in [0.15, 0.2) is 48.8 Å². The number of nitrogens with zero attached hydrogens (tertiary/aromatic N) is 7. The van der Waals surface area contributed by atoms with Gasteiger partial charge in [0.25, 0.3) is 10.1 Å². The number of fused-ring (bicyclic) bond motifs is 7. The molecule has 3 aromatic carbocycles. The van der Waals surface area contributed by atoms with Gasteiger partial charge in [0.2, 0.25) is 11.8 Å². The average Bonchev–Trinajstić information content (AvgIpc) is 1.34. The van der Waals surface area contributed by atoms with Gasteiger partial charge in [-0.15, -0.1) is 11.8 Å². The third-order valence-electron chi connectivity index (χ3n) is 25.4. The highest BCUT2D eigenvalue weighted by molar-refractivity contribution is 8.00. The van der Waals surface area contributed by atoms with Crippen LogP contribution in [0.5, 0.6) is 11.5 Å². The number of aromatic nitrogens is 1. The van der Waals surface area contributed by atoms with Crippen LogP contribution in [0.3, 0.4) is 0 Å². The third kappa shape index (κ3) is 28.9. The number of aliphatic hydroxyl groups is 1. The summed E-state index contributed by atoms with van der Waals surface area (Å²) in [4.78, 5) is 53.0. The standard InChI is InChI=1S/C19H27ClN2O4S.C19H25ClN2OS.C14H19ClN2O3S.C9H17NO3S.C8H19NO2.C8H15NO.C8H13NO.C4H6O/c1-19(2,3)18(24)21-15-7-6-14(20)17(16(15)23)27(25,26)13-8-10-22-9-4-5-12(22)11-13;1-19(2,3)18-21-15-7-6-14(20)17(16(15)23-18)24-13-8-10-22-9-4-5-12(22)11-13;15-11-3-4-12(16)13(18)14(11)21(19,20)10-5-7-17-6-1-2-9(17)8-10;1-14(11,12)13-9-4-6-10-5-2-3-8(10)7-9;1-3-10-8(11-4-2)6-5-7-9;2*10-8-3-5-9-4-1-2-7(9)6-8;1-3-4(2)5/h6-7,12-13,23H,4-5,8-11H2,1-3H3,(H,21,24);6-7,12-13H,4-5,8-11H2,1-3H3;3-4,9-10,18H,1-2,5-8,16H2;8-9H,2-7H2,1H3;8H,3-7,9H2,1-2H3;7-8,10H,1-6H2;7H,1-6H2;3H,1H2,2H3. The summed E-state index contributed by atoms with van der Waals surface area (Å²) < 4.78 is 96.0. The number of halogens is 3. The van der Waals surface area contributed by atoms with Gasteiger partial charge in [-0.1, -0.05) is 82.9 Å². The number of nitrogen functional groups attached to an aromatic ring is 1. The predicted molar refractivity (Wildman–Crippen MR) is 488 cm³/mol. The highest BCUT2D eigenvalue weighted by atomic mass is 35.5. The van der Waals surface area contributed by atoms with E-state index in [0.717, 1.165) is 168 Å². The molecule has 1 aromatic heterocycles. The Labute approximate surface area is 746 Å². The quantitative estimate of drug-likeness (QED) is 0.0188. The zero-order valence-corrected chi connectivity index (χ0v) is 79.4. The van der Waals surface area contributed by atoms with E-state index in [1.54, 1.807) is 20.8 Å². The number of Topliss-reactive ketones (excluding diaryl/α,β-unsaturated/α-hetero) is 1. The Morgan fingerprint density at radius 2 is 1.07 bits per heavy atom. The molecule has 33 heteroatoms. The summed E-state index contributed by atoms with van der Waals surface area (Å²) >= 11 is 20.6. The molecule has 12 aliphatic heterocycles. The van der Waals surface area contributed by atoms with Gasteiger partial charge in [-0.25, -0.2) is 21.8 Å². The second-order valence-electron chi connectivity index (χ2n) is 36.6. The largest absolute Gasteiger partial charge is 0.504 e. The molecule has 122 heavy (non-hydrogen) atoms. The summed E-state index contributed by atoms with van der Waals surface area (Å²) in [7, 11) is -10.8. The number of nitrogens with two attached hydrogens (primary N) is 2. The number of benzene rings is 3. The number of carbonyl (C=O) groups is 3. The number of hydrogen-bond acceptors (Lipinski definition) is 26. The fourth-order valence-corrected chi connectivity index (χ4v) is 25.9. The molecule has 1 amide bonds. The number of nitrogens with one attached hydrogen (secondary N) is 1. The molecule has 0 aliphatic carbocycles. The predicted octanol–water partition coefficient (Wildman–Crippen LogP) is 14.9. The summed E-state index contributed by atoms with van der Waals surface area (Å²) in [5.41, 5.74) is 12.1. The molecule has 11 unspecified atom stereocenters. The van der Waals surface area contributed by atoms with E-state index >= 15 is 0 Å². The summed E-state index contributed by atoms with van der Waals surface area (Å²) in [5, 5.41) is 33.0. The van der Waals surface area contributed by atoms with Crippen molar-refractivity contribution in [3.8, 4) is 11.5 Å². The van der Waals surface area contributed by atoms with Crippen molar-refractivity contribution in [2.45, 2.75) is 320 Å². The number of phenolic OH excluding ortho intramolecular Hbond substituents is 2. The molecule has 688 valence electrons. The fraction of sp³-hybridized carbons (Fsp3) is 0.730. The Morgan fingerprint density at radius 3 is 1.57 bits per heavy atom. The van der Waals surface area contributed by atoms with Gasteiger partial charge >= 0.3 is 0 Å². The van der Waals surface area contributed by atoms with Crippen molar-refractivity contribution in [3.63, 3.8) is 0 Å². The van der Waals surface area contributed by atoms with Crippen molar-refractivity contribution >= 4 is 116 Å². The molecular formula is C89H141Cl3N10O16S4. The van der Waals surface area contributed by atoms with E-state index in [1.165, 1.54) is 134 Å². The highest BCUT2D eigenvalue weighted by Gasteiger charge is 2.44.